The Hall–Kier alpha value is -0.900. The van der Waals surface area contributed by atoms with E-state index in [0.29, 0.717) is 13.0 Å². The first-order valence-electron chi connectivity index (χ1n) is 9.11. The van der Waals surface area contributed by atoms with Crippen LogP contribution >= 0.6 is 0 Å². The molecule has 4 nitrogen and oxygen atoms in total. The third-order valence-corrected chi connectivity index (χ3v) is 5.04. The summed E-state index contributed by atoms with van der Waals surface area (Å²) >= 11 is 0. The molecule has 0 rings (SSSR count). The summed E-state index contributed by atoms with van der Waals surface area (Å²) in [6, 6.07) is 0. The zero-order chi connectivity index (χ0) is 17.8. The number of hydrogen-bond donors (Lipinski definition) is 1. The SMILES string of the molecule is CCC(C=O)(CC)CCCCCOCCCCC(C)(C)C(=O)O. The maximum absolute atomic E-state index is 11.2. The molecule has 0 fully saturated rings. The molecule has 0 aromatic rings. The van der Waals surface area contributed by atoms with Crippen molar-refractivity contribution in [3.63, 3.8) is 0 Å². The highest BCUT2D eigenvalue weighted by Gasteiger charge is 2.26. The molecule has 23 heavy (non-hydrogen) atoms. The highest BCUT2D eigenvalue weighted by Crippen LogP contribution is 2.30. The predicted molar refractivity (Wildman–Crippen MR) is 93.6 cm³/mol. The highest BCUT2D eigenvalue weighted by molar-refractivity contribution is 5.73. The molecule has 0 aliphatic heterocycles. The molecule has 0 saturated heterocycles. The van der Waals surface area contributed by atoms with E-state index in [2.05, 4.69) is 13.8 Å². The van der Waals surface area contributed by atoms with Crippen molar-refractivity contribution in [1.82, 2.24) is 0 Å². The largest absolute Gasteiger partial charge is 0.481 e. The molecule has 0 aromatic carbocycles. The van der Waals surface area contributed by atoms with E-state index in [1.807, 2.05) is 0 Å². The smallest absolute Gasteiger partial charge is 0.309 e. The van der Waals surface area contributed by atoms with Gasteiger partial charge in [0.2, 0.25) is 0 Å². The van der Waals surface area contributed by atoms with E-state index in [1.54, 1.807) is 13.8 Å². The quantitative estimate of drug-likeness (QED) is 0.345. The lowest BCUT2D eigenvalue weighted by Gasteiger charge is -2.24. The molecule has 0 atom stereocenters. The lowest BCUT2D eigenvalue weighted by atomic mass is 9.79. The van der Waals surface area contributed by atoms with E-state index in [0.717, 1.165) is 64.3 Å². The average Bonchev–Trinajstić information content (AvgIpc) is 2.53. The number of aldehydes is 1. The molecular formula is C19H36O4. The second kappa shape index (κ2) is 11.6. The second-order valence-electron chi connectivity index (χ2n) is 7.26. The Labute approximate surface area is 142 Å². The van der Waals surface area contributed by atoms with Crippen LogP contribution in [0.3, 0.4) is 0 Å². The van der Waals surface area contributed by atoms with Crippen LogP contribution in [0.4, 0.5) is 0 Å². The molecule has 0 bridgehead atoms. The minimum absolute atomic E-state index is 0.113. The van der Waals surface area contributed by atoms with Crippen LogP contribution < -0.4 is 0 Å². The fourth-order valence-corrected chi connectivity index (χ4v) is 2.67. The van der Waals surface area contributed by atoms with Crippen molar-refractivity contribution in [3.8, 4) is 0 Å². The van der Waals surface area contributed by atoms with Gasteiger partial charge in [0.15, 0.2) is 0 Å². The van der Waals surface area contributed by atoms with Crippen LogP contribution in [0.15, 0.2) is 0 Å². The Balaban J connectivity index is 3.54. The van der Waals surface area contributed by atoms with Gasteiger partial charge < -0.3 is 14.6 Å². The molecule has 0 amide bonds. The molecule has 0 saturated carbocycles. The molecular weight excluding hydrogens is 292 g/mol. The number of carbonyl (C=O) groups excluding carboxylic acids is 1. The lowest BCUT2D eigenvalue weighted by molar-refractivity contribution is -0.147. The van der Waals surface area contributed by atoms with E-state index in [4.69, 9.17) is 9.84 Å². The minimum atomic E-state index is -0.732. The van der Waals surface area contributed by atoms with Crippen molar-refractivity contribution in [2.24, 2.45) is 10.8 Å². The Kier molecular flexibility index (Phi) is 11.2. The fraction of sp³-hybridized carbons (Fsp3) is 0.895. The molecule has 4 heteroatoms. The van der Waals surface area contributed by atoms with Gasteiger partial charge in [0.25, 0.3) is 0 Å². The maximum atomic E-state index is 11.2. The first kappa shape index (κ1) is 22.1. The first-order valence-corrected chi connectivity index (χ1v) is 9.11. The van der Waals surface area contributed by atoms with Gasteiger partial charge in [-0.1, -0.05) is 33.1 Å². The van der Waals surface area contributed by atoms with Crippen LogP contribution in [0.25, 0.3) is 0 Å². The predicted octanol–water partition coefficient (Wildman–Crippen LogP) is 4.85. The van der Waals surface area contributed by atoms with Gasteiger partial charge in [0.05, 0.1) is 5.41 Å². The molecule has 1 N–H and O–H groups in total. The maximum Gasteiger partial charge on any atom is 0.309 e. The summed E-state index contributed by atoms with van der Waals surface area (Å²) in [7, 11) is 0. The van der Waals surface area contributed by atoms with Crippen molar-refractivity contribution < 1.29 is 19.4 Å². The Morgan fingerprint density at radius 1 is 0.957 bits per heavy atom. The third-order valence-electron chi connectivity index (χ3n) is 5.04. The zero-order valence-corrected chi connectivity index (χ0v) is 15.5. The summed E-state index contributed by atoms with van der Waals surface area (Å²) in [5.41, 5.74) is -0.749. The number of aliphatic carboxylic acids is 1. The lowest BCUT2D eigenvalue weighted by Crippen LogP contribution is -2.23. The van der Waals surface area contributed by atoms with E-state index in [-0.39, 0.29) is 5.41 Å². The van der Waals surface area contributed by atoms with Crippen molar-refractivity contribution in [2.45, 2.75) is 85.5 Å². The van der Waals surface area contributed by atoms with Crippen LogP contribution in [0, 0.1) is 10.8 Å². The van der Waals surface area contributed by atoms with Gasteiger partial charge in [0, 0.05) is 18.6 Å². The van der Waals surface area contributed by atoms with Crippen molar-refractivity contribution in [1.29, 1.82) is 0 Å². The summed E-state index contributed by atoms with van der Waals surface area (Å²) in [4.78, 5) is 22.2. The molecule has 136 valence electrons. The van der Waals surface area contributed by atoms with Crippen LogP contribution in [-0.2, 0) is 14.3 Å². The van der Waals surface area contributed by atoms with E-state index in [1.165, 1.54) is 0 Å². The van der Waals surface area contributed by atoms with Crippen molar-refractivity contribution in [3.05, 3.63) is 0 Å². The Bertz CT molecular complexity index is 332. The van der Waals surface area contributed by atoms with Crippen molar-refractivity contribution in [2.75, 3.05) is 13.2 Å². The van der Waals surface area contributed by atoms with Gasteiger partial charge in [-0.25, -0.2) is 0 Å². The van der Waals surface area contributed by atoms with E-state index < -0.39 is 11.4 Å². The second-order valence-corrected chi connectivity index (χ2v) is 7.26. The number of unbranched alkanes of at least 4 members (excludes halogenated alkanes) is 3. The summed E-state index contributed by atoms with van der Waals surface area (Å²) < 4.78 is 5.60. The van der Waals surface area contributed by atoms with E-state index >= 15 is 0 Å². The number of carboxylic acids is 1. The van der Waals surface area contributed by atoms with Gasteiger partial charge in [-0.05, 0) is 52.4 Å². The molecule has 0 heterocycles. The van der Waals surface area contributed by atoms with E-state index in [9.17, 15) is 9.59 Å². The Morgan fingerprint density at radius 3 is 1.96 bits per heavy atom. The van der Waals surface area contributed by atoms with Crippen LogP contribution in [-0.4, -0.2) is 30.6 Å². The van der Waals surface area contributed by atoms with Gasteiger partial charge in [-0.2, -0.15) is 0 Å². The number of carbonyl (C=O) groups is 2. The molecule has 0 aliphatic carbocycles. The molecule has 0 unspecified atom stereocenters. The van der Waals surface area contributed by atoms with Crippen LogP contribution in [0.5, 0.6) is 0 Å². The number of hydrogen-bond acceptors (Lipinski definition) is 3. The zero-order valence-electron chi connectivity index (χ0n) is 15.5. The van der Waals surface area contributed by atoms with Gasteiger partial charge >= 0.3 is 5.97 Å². The molecule has 0 radical (unpaired) electrons. The standard InChI is InChI=1S/C19H36O4/c1-5-19(6-2,16-20)13-8-7-10-14-23-15-11-9-12-18(3,4)17(21)22/h16H,5-15H2,1-4H3,(H,21,22). The van der Waals surface area contributed by atoms with Crippen LogP contribution in [0.2, 0.25) is 0 Å². The summed E-state index contributed by atoms with van der Waals surface area (Å²) in [5.74, 6) is -0.732. The van der Waals surface area contributed by atoms with Gasteiger partial charge in [-0.15, -0.1) is 0 Å². The summed E-state index contributed by atoms with van der Waals surface area (Å²) in [6.45, 7) is 9.18. The summed E-state index contributed by atoms with van der Waals surface area (Å²) in [6.07, 6.45) is 9.67. The normalized spacial score (nSPS) is 12.3. The van der Waals surface area contributed by atoms with Crippen LogP contribution in [0.1, 0.15) is 85.5 Å². The first-order chi connectivity index (χ1) is 10.8. The summed E-state index contributed by atoms with van der Waals surface area (Å²) in [5, 5.41) is 9.02. The monoisotopic (exact) mass is 328 g/mol. The number of ether oxygens (including phenoxy) is 1. The molecule has 0 spiro atoms. The Morgan fingerprint density at radius 2 is 1.48 bits per heavy atom. The minimum Gasteiger partial charge on any atom is -0.481 e. The third kappa shape index (κ3) is 9.09. The molecule has 0 aliphatic rings. The average molecular weight is 328 g/mol. The molecule has 0 aromatic heterocycles. The van der Waals surface area contributed by atoms with Crippen molar-refractivity contribution >= 4 is 12.3 Å². The highest BCUT2D eigenvalue weighted by atomic mass is 16.5. The topological polar surface area (TPSA) is 63.6 Å². The number of carboxylic acid groups (broad SMARTS) is 1. The number of rotatable bonds is 15. The van der Waals surface area contributed by atoms with Gasteiger partial charge in [-0.3, -0.25) is 4.79 Å². The van der Waals surface area contributed by atoms with Gasteiger partial charge in [0.1, 0.15) is 6.29 Å². The fourth-order valence-electron chi connectivity index (χ4n) is 2.67.